The average molecular weight is 700 g/mol. The second-order valence-corrected chi connectivity index (χ2v) is 14.2. The zero-order chi connectivity index (χ0) is 36.3. The molecule has 0 saturated carbocycles. The van der Waals surface area contributed by atoms with Crippen molar-refractivity contribution in [3.8, 4) is 50.7 Å². The normalized spacial score (nSPS) is 11.6. The van der Waals surface area contributed by atoms with Gasteiger partial charge in [0.15, 0.2) is 5.82 Å². The molecule has 0 saturated heterocycles. The molecule has 2 aromatic heterocycles. The van der Waals surface area contributed by atoms with Gasteiger partial charge in [-0.3, -0.25) is 4.57 Å². The van der Waals surface area contributed by atoms with E-state index < -0.39 is 0 Å². The van der Waals surface area contributed by atoms with Gasteiger partial charge >= 0.3 is 0 Å². The van der Waals surface area contributed by atoms with E-state index in [4.69, 9.17) is 9.97 Å². The standard InChI is InChI=1S/C52H33N3/c1-2-20-41(21-3-1)55-51-49(40-31-29-35-15-5-7-18-38(35)33-40)45-24-11-10-23-44(45)48(39-30-28-34-14-4-6-17-37(34)32-39)50(51)54-52(55)47-27-13-26-46(53-47)43-25-12-19-36-16-8-9-22-42(36)43/h1-33H. The van der Waals surface area contributed by atoms with Crippen molar-refractivity contribution in [1.29, 1.82) is 0 Å². The molecule has 11 rings (SSSR count). The van der Waals surface area contributed by atoms with Crippen LogP contribution in [0.1, 0.15) is 0 Å². The number of pyridine rings is 1. The molecule has 55 heavy (non-hydrogen) atoms. The van der Waals surface area contributed by atoms with Crippen LogP contribution in [0.15, 0.2) is 200 Å². The molecule has 0 amide bonds. The maximum atomic E-state index is 5.71. The van der Waals surface area contributed by atoms with Crippen LogP contribution in [0.25, 0.3) is 105 Å². The highest BCUT2D eigenvalue weighted by Gasteiger charge is 2.26. The first-order valence-electron chi connectivity index (χ1n) is 18.7. The molecule has 0 unspecified atom stereocenters. The highest BCUT2D eigenvalue weighted by molar-refractivity contribution is 6.21. The summed E-state index contributed by atoms with van der Waals surface area (Å²) >= 11 is 0. The lowest BCUT2D eigenvalue weighted by atomic mass is 9.89. The molecule has 3 nitrogen and oxygen atoms in total. The van der Waals surface area contributed by atoms with Gasteiger partial charge in [0.25, 0.3) is 0 Å². The Morgan fingerprint density at radius 1 is 0.345 bits per heavy atom. The second kappa shape index (κ2) is 12.6. The van der Waals surface area contributed by atoms with E-state index in [1.54, 1.807) is 0 Å². The van der Waals surface area contributed by atoms with Crippen LogP contribution in [0.5, 0.6) is 0 Å². The Hall–Kier alpha value is -7.36. The fourth-order valence-corrected chi connectivity index (χ4v) is 8.43. The van der Waals surface area contributed by atoms with E-state index in [0.29, 0.717) is 0 Å². The van der Waals surface area contributed by atoms with E-state index in [2.05, 4.69) is 205 Å². The molecule has 0 spiro atoms. The van der Waals surface area contributed by atoms with Gasteiger partial charge in [0.1, 0.15) is 5.69 Å². The molecule has 11 aromatic rings. The van der Waals surface area contributed by atoms with Crippen molar-refractivity contribution in [3.05, 3.63) is 200 Å². The SMILES string of the molecule is c1ccc(-n2c(-c3cccc(-c4cccc5ccccc45)n3)nc3c(-c4ccc5ccccc5c4)c4ccccc4c(-c4ccc5ccccc5c4)c32)cc1. The summed E-state index contributed by atoms with van der Waals surface area (Å²) in [7, 11) is 0. The largest absolute Gasteiger partial charge is 0.290 e. The minimum Gasteiger partial charge on any atom is -0.290 e. The molecule has 3 heteroatoms. The van der Waals surface area contributed by atoms with Gasteiger partial charge in [-0.25, -0.2) is 9.97 Å². The van der Waals surface area contributed by atoms with Crippen LogP contribution >= 0.6 is 0 Å². The molecule has 0 aliphatic heterocycles. The first-order chi connectivity index (χ1) is 27.3. The van der Waals surface area contributed by atoms with E-state index >= 15 is 0 Å². The van der Waals surface area contributed by atoms with E-state index in [-0.39, 0.29) is 0 Å². The molecule has 0 bridgehead atoms. The van der Waals surface area contributed by atoms with Crippen LogP contribution in [-0.2, 0) is 0 Å². The van der Waals surface area contributed by atoms with Crippen molar-refractivity contribution in [2.75, 3.05) is 0 Å². The maximum absolute atomic E-state index is 5.71. The summed E-state index contributed by atoms with van der Waals surface area (Å²) in [6.45, 7) is 0. The fraction of sp³-hybridized carbons (Fsp3) is 0. The number of fused-ring (bicyclic) bond motifs is 5. The summed E-state index contributed by atoms with van der Waals surface area (Å²) in [5, 5.41) is 9.53. The lowest BCUT2D eigenvalue weighted by Crippen LogP contribution is -2.01. The predicted octanol–water partition coefficient (Wildman–Crippen LogP) is 13.7. The third kappa shape index (κ3) is 5.13. The smallest absolute Gasteiger partial charge is 0.164 e. The molecule has 256 valence electrons. The highest BCUT2D eigenvalue weighted by atomic mass is 15.1. The summed E-state index contributed by atoms with van der Waals surface area (Å²) in [5.41, 5.74) is 10.4. The Labute approximate surface area is 318 Å². The van der Waals surface area contributed by atoms with Crippen molar-refractivity contribution in [1.82, 2.24) is 14.5 Å². The van der Waals surface area contributed by atoms with Crippen molar-refractivity contribution in [2.45, 2.75) is 0 Å². The average Bonchev–Trinajstić information content (AvgIpc) is 3.65. The monoisotopic (exact) mass is 699 g/mol. The van der Waals surface area contributed by atoms with Crippen molar-refractivity contribution < 1.29 is 0 Å². The Kier molecular flexibility index (Phi) is 7.17. The molecule has 0 atom stereocenters. The molecular formula is C52H33N3. The van der Waals surface area contributed by atoms with Gasteiger partial charge in [-0.05, 0) is 90.6 Å². The summed E-state index contributed by atoms with van der Waals surface area (Å²) in [6.07, 6.45) is 0. The summed E-state index contributed by atoms with van der Waals surface area (Å²) < 4.78 is 2.34. The van der Waals surface area contributed by atoms with Crippen LogP contribution in [0.3, 0.4) is 0 Å². The van der Waals surface area contributed by atoms with Gasteiger partial charge < -0.3 is 0 Å². The Morgan fingerprint density at radius 2 is 0.873 bits per heavy atom. The van der Waals surface area contributed by atoms with Crippen LogP contribution < -0.4 is 0 Å². The number of hydrogen-bond acceptors (Lipinski definition) is 2. The van der Waals surface area contributed by atoms with Crippen LogP contribution in [0.4, 0.5) is 0 Å². The van der Waals surface area contributed by atoms with Crippen molar-refractivity contribution in [2.24, 2.45) is 0 Å². The van der Waals surface area contributed by atoms with Gasteiger partial charge in [-0.1, -0.05) is 164 Å². The van der Waals surface area contributed by atoms with Crippen molar-refractivity contribution in [3.63, 3.8) is 0 Å². The topological polar surface area (TPSA) is 30.7 Å². The van der Waals surface area contributed by atoms with Gasteiger partial charge in [-0.15, -0.1) is 0 Å². The van der Waals surface area contributed by atoms with E-state index in [1.165, 1.54) is 37.7 Å². The number of hydrogen-bond donors (Lipinski definition) is 0. The zero-order valence-electron chi connectivity index (χ0n) is 29.9. The van der Waals surface area contributed by atoms with Gasteiger partial charge in [0.2, 0.25) is 0 Å². The number of aromatic nitrogens is 3. The van der Waals surface area contributed by atoms with Gasteiger partial charge in [0.05, 0.1) is 16.7 Å². The Morgan fingerprint density at radius 3 is 1.58 bits per heavy atom. The lowest BCUT2D eigenvalue weighted by molar-refractivity contribution is 1.08. The molecule has 0 radical (unpaired) electrons. The molecule has 0 N–H and O–H groups in total. The molecular weight excluding hydrogens is 667 g/mol. The molecule has 2 heterocycles. The molecule has 0 aliphatic carbocycles. The molecule has 0 aliphatic rings. The number of imidazole rings is 1. The van der Waals surface area contributed by atoms with Crippen LogP contribution in [0.2, 0.25) is 0 Å². The summed E-state index contributed by atoms with van der Waals surface area (Å²) in [4.78, 5) is 11.1. The molecule has 9 aromatic carbocycles. The fourth-order valence-electron chi connectivity index (χ4n) is 8.43. The first kappa shape index (κ1) is 31.2. The van der Waals surface area contributed by atoms with E-state index in [0.717, 1.165) is 67.1 Å². The second-order valence-electron chi connectivity index (χ2n) is 14.2. The summed E-state index contributed by atoms with van der Waals surface area (Å²) in [6, 6.07) is 71.5. The number of para-hydroxylation sites is 1. The minimum atomic E-state index is 0.794. The molecule has 0 fully saturated rings. The van der Waals surface area contributed by atoms with E-state index in [1.807, 2.05) is 0 Å². The quantitative estimate of drug-likeness (QED) is 0.179. The third-order valence-corrected chi connectivity index (χ3v) is 11.0. The van der Waals surface area contributed by atoms with Gasteiger partial charge in [-0.2, -0.15) is 0 Å². The van der Waals surface area contributed by atoms with Gasteiger partial charge in [0, 0.05) is 22.4 Å². The number of benzene rings is 9. The third-order valence-electron chi connectivity index (χ3n) is 11.0. The van der Waals surface area contributed by atoms with Crippen LogP contribution in [0, 0.1) is 0 Å². The summed E-state index contributed by atoms with van der Waals surface area (Å²) in [5.74, 6) is 0.794. The first-order valence-corrected chi connectivity index (χ1v) is 18.7. The number of nitrogens with zero attached hydrogens (tertiary/aromatic N) is 3. The minimum absolute atomic E-state index is 0.794. The number of rotatable bonds is 5. The lowest BCUT2D eigenvalue weighted by Gasteiger charge is -2.18. The predicted molar refractivity (Wildman–Crippen MR) is 231 cm³/mol. The van der Waals surface area contributed by atoms with Crippen LogP contribution in [-0.4, -0.2) is 14.5 Å². The van der Waals surface area contributed by atoms with Crippen molar-refractivity contribution >= 4 is 54.1 Å². The Balaban J connectivity index is 1.29. The van der Waals surface area contributed by atoms with E-state index in [9.17, 15) is 0 Å². The zero-order valence-corrected chi connectivity index (χ0v) is 29.9. The maximum Gasteiger partial charge on any atom is 0.164 e. The highest BCUT2D eigenvalue weighted by Crippen LogP contribution is 2.46. The Bertz CT molecular complexity index is 3260.